The molecule has 144 valence electrons. The highest BCUT2D eigenvalue weighted by Crippen LogP contribution is 2.25. The molecule has 0 spiro atoms. The van der Waals surface area contributed by atoms with Gasteiger partial charge in [-0.05, 0) is 42.8 Å². The first-order valence-electron chi connectivity index (χ1n) is 8.76. The average Bonchev–Trinajstić information content (AvgIpc) is 3.29. The Hall–Kier alpha value is -3.62. The van der Waals surface area contributed by atoms with E-state index in [4.69, 9.17) is 4.74 Å². The number of amides is 1. The summed E-state index contributed by atoms with van der Waals surface area (Å²) < 4.78 is 7.79. The normalized spacial score (nSPS) is 16.5. The Balaban J connectivity index is 1.82. The summed E-state index contributed by atoms with van der Waals surface area (Å²) in [5.41, 5.74) is 1.79. The van der Waals surface area contributed by atoms with Crippen molar-refractivity contribution >= 4 is 23.2 Å². The molecule has 0 aliphatic carbocycles. The molecule has 3 heterocycles. The first-order valence-corrected chi connectivity index (χ1v) is 8.76. The standard InChI is InChI=1S/C19H18N4O5/c1-28-17(24)12-4-6-13(7-5-12)22-15-3-2-9-20-16(15)23(18(22)25)14-8-10-21(11-14)19(26)27/h2-7,9,14H,8,10-11H2,1H3,(H,26,27)/t14-/m0/s1. The summed E-state index contributed by atoms with van der Waals surface area (Å²) in [5.74, 6) is -0.456. The van der Waals surface area contributed by atoms with Crippen molar-refractivity contribution in [1.29, 1.82) is 0 Å². The van der Waals surface area contributed by atoms with Crippen molar-refractivity contribution in [3.8, 4) is 5.69 Å². The van der Waals surface area contributed by atoms with Gasteiger partial charge in [-0.1, -0.05) is 0 Å². The van der Waals surface area contributed by atoms with Crippen molar-refractivity contribution in [2.75, 3.05) is 20.2 Å². The summed E-state index contributed by atoms with van der Waals surface area (Å²) in [5, 5.41) is 9.21. The second kappa shape index (κ2) is 6.84. The monoisotopic (exact) mass is 382 g/mol. The van der Waals surface area contributed by atoms with Gasteiger partial charge in [0.1, 0.15) is 0 Å². The van der Waals surface area contributed by atoms with E-state index in [-0.39, 0.29) is 18.3 Å². The van der Waals surface area contributed by atoms with Crippen LogP contribution >= 0.6 is 0 Å². The summed E-state index contributed by atoms with van der Waals surface area (Å²) in [6.45, 7) is 0.617. The quantitative estimate of drug-likeness (QED) is 0.694. The van der Waals surface area contributed by atoms with Crippen molar-refractivity contribution in [2.45, 2.75) is 12.5 Å². The molecule has 9 nitrogen and oxygen atoms in total. The third-order valence-electron chi connectivity index (χ3n) is 4.98. The highest BCUT2D eigenvalue weighted by Gasteiger charge is 2.31. The number of hydrogen-bond acceptors (Lipinski definition) is 5. The molecule has 0 radical (unpaired) electrons. The van der Waals surface area contributed by atoms with Crippen LogP contribution in [-0.2, 0) is 4.74 Å². The summed E-state index contributed by atoms with van der Waals surface area (Å²) in [4.78, 5) is 41.8. The zero-order valence-electron chi connectivity index (χ0n) is 15.1. The largest absolute Gasteiger partial charge is 0.465 e. The van der Waals surface area contributed by atoms with Crippen molar-refractivity contribution in [1.82, 2.24) is 19.0 Å². The molecular weight excluding hydrogens is 364 g/mol. The van der Waals surface area contributed by atoms with Crippen LogP contribution in [0.25, 0.3) is 16.9 Å². The van der Waals surface area contributed by atoms with Gasteiger partial charge >= 0.3 is 17.8 Å². The minimum absolute atomic E-state index is 0.242. The molecule has 1 aliphatic rings. The third kappa shape index (κ3) is 2.81. The molecule has 1 N–H and O–H groups in total. The van der Waals surface area contributed by atoms with Crippen molar-refractivity contribution in [3.05, 3.63) is 58.6 Å². The zero-order chi connectivity index (χ0) is 19.8. The maximum Gasteiger partial charge on any atom is 0.407 e. The van der Waals surface area contributed by atoms with E-state index in [1.54, 1.807) is 47.2 Å². The Kier molecular flexibility index (Phi) is 4.34. The lowest BCUT2D eigenvalue weighted by Gasteiger charge is -2.13. The van der Waals surface area contributed by atoms with E-state index in [2.05, 4.69) is 4.98 Å². The minimum Gasteiger partial charge on any atom is -0.465 e. The van der Waals surface area contributed by atoms with Crippen molar-refractivity contribution in [3.63, 3.8) is 0 Å². The van der Waals surface area contributed by atoms with E-state index < -0.39 is 12.1 Å². The van der Waals surface area contributed by atoms with Gasteiger partial charge in [0.2, 0.25) is 0 Å². The molecule has 3 aromatic rings. The Labute approximate surface area is 159 Å². The summed E-state index contributed by atoms with van der Waals surface area (Å²) in [6, 6.07) is 9.77. The molecule has 1 fully saturated rings. The second-order valence-electron chi connectivity index (χ2n) is 6.54. The van der Waals surface area contributed by atoms with Gasteiger partial charge < -0.3 is 14.7 Å². The van der Waals surface area contributed by atoms with Crippen molar-refractivity contribution in [2.24, 2.45) is 0 Å². The molecule has 9 heteroatoms. The van der Waals surface area contributed by atoms with Crippen LogP contribution in [-0.4, -0.2) is 56.4 Å². The number of likely N-dealkylation sites (tertiary alicyclic amines) is 1. The topological polar surface area (TPSA) is 107 Å². The first kappa shape index (κ1) is 17.8. The van der Waals surface area contributed by atoms with Crippen LogP contribution in [0.1, 0.15) is 22.8 Å². The Bertz CT molecular complexity index is 1120. The number of carbonyl (C=O) groups excluding carboxylic acids is 1. The number of aromatic nitrogens is 3. The van der Waals surface area contributed by atoms with Gasteiger partial charge in [0.15, 0.2) is 5.65 Å². The van der Waals surface area contributed by atoms with Gasteiger partial charge in [0, 0.05) is 19.3 Å². The lowest BCUT2D eigenvalue weighted by Crippen LogP contribution is -2.31. The average molecular weight is 382 g/mol. The molecule has 1 atom stereocenters. The molecule has 1 amide bonds. The number of carbonyl (C=O) groups is 2. The number of esters is 1. The highest BCUT2D eigenvalue weighted by molar-refractivity contribution is 5.89. The van der Waals surface area contributed by atoms with Gasteiger partial charge in [-0.2, -0.15) is 0 Å². The molecule has 1 saturated heterocycles. The maximum atomic E-state index is 13.3. The number of hydrogen-bond donors (Lipinski definition) is 1. The lowest BCUT2D eigenvalue weighted by molar-refractivity contribution is 0.0600. The van der Waals surface area contributed by atoms with Crippen LogP contribution in [0, 0.1) is 0 Å². The Morgan fingerprint density at radius 3 is 2.61 bits per heavy atom. The minimum atomic E-state index is -0.995. The molecular formula is C19H18N4O5. The van der Waals surface area contributed by atoms with Gasteiger partial charge in [-0.3, -0.25) is 9.13 Å². The van der Waals surface area contributed by atoms with E-state index in [1.165, 1.54) is 16.6 Å². The second-order valence-corrected chi connectivity index (χ2v) is 6.54. The van der Waals surface area contributed by atoms with Gasteiger partial charge in [-0.25, -0.2) is 19.4 Å². The number of pyridine rings is 1. The summed E-state index contributed by atoms with van der Waals surface area (Å²) in [6.07, 6.45) is 1.15. The van der Waals surface area contributed by atoms with Crippen LogP contribution in [0.4, 0.5) is 4.79 Å². The van der Waals surface area contributed by atoms with Crippen LogP contribution in [0.2, 0.25) is 0 Å². The Morgan fingerprint density at radius 1 is 1.21 bits per heavy atom. The van der Waals surface area contributed by atoms with Gasteiger partial charge in [0.05, 0.1) is 29.9 Å². The smallest absolute Gasteiger partial charge is 0.407 e. The molecule has 1 aliphatic heterocycles. The fourth-order valence-corrected chi connectivity index (χ4v) is 3.62. The highest BCUT2D eigenvalue weighted by atomic mass is 16.5. The van der Waals surface area contributed by atoms with E-state index in [0.29, 0.717) is 35.4 Å². The summed E-state index contributed by atoms with van der Waals surface area (Å²) in [7, 11) is 1.31. The van der Waals surface area contributed by atoms with Gasteiger partial charge in [-0.15, -0.1) is 0 Å². The zero-order valence-corrected chi connectivity index (χ0v) is 15.1. The fraction of sp³-hybridized carbons (Fsp3) is 0.263. The lowest BCUT2D eigenvalue weighted by atomic mass is 10.2. The van der Waals surface area contributed by atoms with E-state index in [9.17, 15) is 19.5 Å². The predicted octanol–water partition coefficient (Wildman–Crippen LogP) is 1.90. The molecule has 0 bridgehead atoms. The number of methoxy groups -OCH3 is 1. The maximum absolute atomic E-state index is 13.3. The molecule has 0 unspecified atom stereocenters. The number of imidazole rings is 1. The van der Waals surface area contributed by atoms with Crippen LogP contribution < -0.4 is 5.69 Å². The molecule has 0 saturated carbocycles. The molecule has 2 aromatic heterocycles. The van der Waals surface area contributed by atoms with Crippen LogP contribution in [0.5, 0.6) is 0 Å². The third-order valence-corrected chi connectivity index (χ3v) is 4.98. The molecule has 4 rings (SSSR count). The van der Waals surface area contributed by atoms with E-state index in [0.717, 1.165) is 0 Å². The van der Waals surface area contributed by atoms with E-state index in [1.807, 2.05) is 0 Å². The molecule has 1 aromatic carbocycles. The first-order chi connectivity index (χ1) is 13.5. The number of nitrogens with zero attached hydrogens (tertiary/aromatic N) is 4. The van der Waals surface area contributed by atoms with Crippen molar-refractivity contribution < 1.29 is 19.4 Å². The number of rotatable bonds is 3. The van der Waals surface area contributed by atoms with Crippen LogP contribution in [0.15, 0.2) is 47.4 Å². The number of fused-ring (bicyclic) bond motifs is 1. The molecule has 28 heavy (non-hydrogen) atoms. The summed E-state index contributed by atoms with van der Waals surface area (Å²) >= 11 is 0. The number of ether oxygens (including phenoxy) is 1. The van der Waals surface area contributed by atoms with E-state index >= 15 is 0 Å². The Morgan fingerprint density at radius 2 is 1.96 bits per heavy atom. The predicted molar refractivity (Wildman–Crippen MR) is 99.9 cm³/mol. The van der Waals surface area contributed by atoms with Crippen LogP contribution in [0.3, 0.4) is 0 Å². The SMILES string of the molecule is COC(=O)c1ccc(-n2c(=O)n([C@H]3CCN(C(=O)O)C3)c3ncccc32)cc1. The fourth-order valence-electron chi connectivity index (χ4n) is 3.62. The van der Waals surface area contributed by atoms with Gasteiger partial charge in [0.25, 0.3) is 0 Å². The number of benzene rings is 1. The number of carboxylic acid groups (broad SMARTS) is 1.